The van der Waals surface area contributed by atoms with Crippen molar-refractivity contribution in [3.63, 3.8) is 0 Å². The zero-order chi connectivity index (χ0) is 14.7. The molecule has 112 valence electrons. The van der Waals surface area contributed by atoms with Gasteiger partial charge in [-0.1, -0.05) is 13.8 Å². The summed E-state index contributed by atoms with van der Waals surface area (Å²) in [4.78, 5) is 14.3. The van der Waals surface area contributed by atoms with Crippen LogP contribution in [0.3, 0.4) is 0 Å². The summed E-state index contributed by atoms with van der Waals surface area (Å²) in [5.74, 6) is 2.53. The largest absolute Gasteiger partial charge is 0.353 e. The van der Waals surface area contributed by atoms with Gasteiger partial charge in [-0.2, -0.15) is 0 Å². The summed E-state index contributed by atoms with van der Waals surface area (Å²) in [7, 11) is 0. The average Bonchev–Trinajstić information content (AvgIpc) is 2.73. The summed E-state index contributed by atoms with van der Waals surface area (Å²) in [6.07, 6.45) is 0.880. The van der Waals surface area contributed by atoms with Crippen LogP contribution in [0.15, 0.2) is 0 Å². The van der Waals surface area contributed by atoms with Gasteiger partial charge >= 0.3 is 0 Å². The van der Waals surface area contributed by atoms with E-state index in [0.717, 1.165) is 31.2 Å². The van der Waals surface area contributed by atoms with E-state index in [1.807, 2.05) is 6.92 Å². The van der Waals surface area contributed by atoms with Crippen LogP contribution in [0.2, 0.25) is 0 Å². The molecule has 0 spiro atoms. The highest BCUT2D eigenvalue weighted by atomic mass is 16.2. The van der Waals surface area contributed by atoms with Crippen LogP contribution in [0.5, 0.6) is 0 Å². The van der Waals surface area contributed by atoms with Crippen LogP contribution < -0.4 is 5.32 Å². The summed E-state index contributed by atoms with van der Waals surface area (Å²) in [5, 5.41) is 11.4. The van der Waals surface area contributed by atoms with Crippen LogP contribution >= 0.6 is 0 Å². The van der Waals surface area contributed by atoms with Crippen LogP contribution in [-0.4, -0.2) is 44.7 Å². The zero-order valence-electron chi connectivity index (χ0n) is 12.9. The SMILES string of the molecule is CCn1c(C)nnc1CN1CCNC(=O)C1CC(C)C. The highest BCUT2D eigenvalue weighted by Crippen LogP contribution is 2.17. The molecule has 1 amide bonds. The Morgan fingerprint density at radius 2 is 2.15 bits per heavy atom. The third-order valence-electron chi connectivity index (χ3n) is 3.81. The Morgan fingerprint density at radius 3 is 2.80 bits per heavy atom. The van der Waals surface area contributed by atoms with Gasteiger partial charge in [-0.15, -0.1) is 10.2 Å². The quantitative estimate of drug-likeness (QED) is 0.872. The third-order valence-corrected chi connectivity index (χ3v) is 3.81. The lowest BCUT2D eigenvalue weighted by atomic mass is 10.00. The normalized spacial score (nSPS) is 20.4. The van der Waals surface area contributed by atoms with E-state index in [0.29, 0.717) is 19.0 Å². The van der Waals surface area contributed by atoms with Crippen molar-refractivity contribution in [1.82, 2.24) is 25.0 Å². The molecule has 1 atom stereocenters. The van der Waals surface area contributed by atoms with Crippen LogP contribution in [0.4, 0.5) is 0 Å². The lowest BCUT2D eigenvalue weighted by Crippen LogP contribution is -2.55. The minimum atomic E-state index is -0.0499. The van der Waals surface area contributed by atoms with Crippen molar-refractivity contribution in [2.75, 3.05) is 13.1 Å². The van der Waals surface area contributed by atoms with Crippen molar-refractivity contribution in [2.24, 2.45) is 5.92 Å². The Morgan fingerprint density at radius 1 is 1.40 bits per heavy atom. The van der Waals surface area contributed by atoms with E-state index in [9.17, 15) is 4.79 Å². The van der Waals surface area contributed by atoms with Crippen molar-refractivity contribution < 1.29 is 4.79 Å². The first kappa shape index (κ1) is 15.0. The average molecular weight is 279 g/mol. The molecule has 0 aromatic carbocycles. The maximum Gasteiger partial charge on any atom is 0.237 e. The number of aromatic nitrogens is 3. The Kier molecular flexibility index (Phi) is 4.75. The Labute approximate surface area is 120 Å². The molecule has 1 N–H and O–H groups in total. The summed E-state index contributed by atoms with van der Waals surface area (Å²) in [5.41, 5.74) is 0. The summed E-state index contributed by atoms with van der Waals surface area (Å²) in [6.45, 7) is 11.5. The first-order chi connectivity index (χ1) is 9.52. The highest BCUT2D eigenvalue weighted by molar-refractivity contribution is 5.82. The second kappa shape index (κ2) is 6.35. The summed E-state index contributed by atoms with van der Waals surface area (Å²) >= 11 is 0. The molecule has 1 aliphatic rings. The molecule has 0 aliphatic carbocycles. The van der Waals surface area contributed by atoms with Gasteiger partial charge in [-0.05, 0) is 26.2 Å². The second-order valence-electron chi connectivity index (χ2n) is 5.81. The number of hydrogen-bond donors (Lipinski definition) is 1. The van der Waals surface area contributed by atoms with E-state index in [4.69, 9.17) is 0 Å². The van der Waals surface area contributed by atoms with E-state index in [1.54, 1.807) is 0 Å². The van der Waals surface area contributed by atoms with Gasteiger partial charge in [0.25, 0.3) is 0 Å². The monoisotopic (exact) mass is 279 g/mol. The summed E-state index contributed by atoms with van der Waals surface area (Å²) in [6, 6.07) is -0.0499. The van der Waals surface area contributed by atoms with E-state index in [2.05, 4.69) is 45.8 Å². The molecule has 0 radical (unpaired) electrons. The first-order valence-electron chi connectivity index (χ1n) is 7.43. The number of nitrogens with one attached hydrogen (secondary N) is 1. The first-order valence-corrected chi connectivity index (χ1v) is 7.43. The topological polar surface area (TPSA) is 63.1 Å². The van der Waals surface area contributed by atoms with E-state index >= 15 is 0 Å². The molecular weight excluding hydrogens is 254 g/mol. The predicted molar refractivity (Wildman–Crippen MR) is 77.1 cm³/mol. The zero-order valence-corrected chi connectivity index (χ0v) is 12.9. The van der Waals surface area contributed by atoms with E-state index in [-0.39, 0.29) is 11.9 Å². The van der Waals surface area contributed by atoms with E-state index < -0.39 is 0 Å². The van der Waals surface area contributed by atoms with Crippen molar-refractivity contribution in [1.29, 1.82) is 0 Å². The lowest BCUT2D eigenvalue weighted by Gasteiger charge is -2.35. The Balaban J connectivity index is 2.14. The number of hydrogen-bond acceptors (Lipinski definition) is 4. The molecule has 2 heterocycles. The molecule has 0 saturated carbocycles. The predicted octanol–water partition coefficient (Wildman–Crippen LogP) is 0.953. The van der Waals surface area contributed by atoms with Gasteiger partial charge in [0.1, 0.15) is 11.6 Å². The van der Waals surface area contributed by atoms with Gasteiger partial charge in [-0.25, -0.2) is 0 Å². The molecule has 20 heavy (non-hydrogen) atoms. The minimum absolute atomic E-state index is 0.0499. The van der Waals surface area contributed by atoms with Gasteiger partial charge in [0.05, 0.1) is 12.6 Å². The number of carbonyl (C=O) groups excluding carboxylic acids is 1. The Bertz CT molecular complexity index is 468. The molecule has 1 aromatic rings. The molecule has 0 bridgehead atoms. The molecule has 1 saturated heterocycles. The van der Waals surface area contributed by atoms with Crippen LogP contribution in [-0.2, 0) is 17.9 Å². The van der Waals surface area contributed by atoms with Gasteiger partial charge in [0.2, 0.25) is 5.91 Å². The number of rotatable bonds is 5. The summed E-state index contributed by atoms with van der Waals surface area (Å²) < 4.78 is 2.11. The Hall–Kier alpha value is -1.43. The standard InChI is InChI=1S/C14H25N5O/c1-5-19-11(4)16-17-13(19)9-18-7-6-15-14(20)12(18)8-10(2)3/h10,12H,5-9H2,1-4H3,(H,15,20). The van der Waals surface area contributed by atoms with Gasteiger partial charge in [-0.3, -0.25) is 9.69 Å². The molecule has 1 aromatic heterocycles. The van der Waals surface area contributed by atoms with Crippen molar-refractivity contribution in [3.05, 3.63) is 11.6 Å². The van der Waals surface area contributed by atoms with Crippen LogP contribution in [0.25, 0.3) is 0 Å². The number of carbonyl (C=O) groups is 1. The second-order valence-corrected chi connectivity index (χ2v) is 5.81. The van der Waals surface area contributed by atoms with Crippen molar-refractivity contribution in [2.45, 2.75) is 53.2 Å². The molecule has 2 rings (SSSR count). The van der Waals surface area contributed by atoms with Gasteiger partial charge in [0, 0.05) is 19.6 Å². The molecular formula is C14H25N5O. The van der Waals surface area contributed by atoms with Crippen molar-refractivity contribution >= 4 is 5.91 Å². The highest BCUT2D eigenvalue weighted by Gasteiger charge is 2.31. The minimum Gasteiger partial charge on any atom is -0.353 e. The fourth-order valence-electron chi connectivity index (χ4n) is 2.79. The number of nitrogens with zero attached hydrogens (tertiary/aromatic N) is 4. The maximum atomic E-state index is 12.1. The number of aryl methyl sites for hydroxylation is 1. The molecule has 1 aliphatic heterocycles. The fraction of sp³-hybridized carbons (Fsp3) is 0.786. The van der Waals surface area contributed by atoms with Crippen molar-refractivity contribution in [3.8, 4) is 0 Å². The lowest BCUT2D eigenvalue weighted by molar-refractivity contribution is -0.130. The maximum absolute atomic E-state index is 12.1. The third kappa shape index (κ3) is 3.17. The van der Waals surface area contributed by atoms with Gasteiger partial charge < -0.3 is 9.88 Å². The molecule has 6 heteroatoms. The van der Waals surface area contributed by atoms with Gasteiger partial charge in [0.15, 0.2) is 0 Å². The van der Waals surface area contributed by atoms with Crippen LogP contribution in [0, 0.1) is 12.8 Å². The number of piperazine rings is 1. The molecule has 6 nitrogen and oxygen atoms in total. The number of amides is 1. The van der Waals surface area contributed by atoms with E-state index in [1.165, 1.54) is 0 Å². The fourth-order valence-corrected chi connectivity index (χ4v) is 2.79. The smallest absolute Gasteiger partial charge is 0.237 e. The molecule has 1 fully saturated rings. The van der Waals surface area contributed by atoms with Crippen LogP contribution in [0.1, 0.15) is 38.8 Å². The molecule has 1 unspecified atom stereocenters.